The van der Waals surface area contributed by atoms with Crippen LogP contribution in [-0.4, -0.2) is 36.0 Å². The molecule has 0 bridgehead atoms. The third-order valence-electron chi connectivity index (χ3n) is 3.34. The summed E-state index contributed by atoms with van der Waals surface area (Å²) in [5, 5.41) is 8.59. The first-order chi connectivity index (χ1) is 9.56. The molecule has 0 atom stereocenters. The molecule has 3 amide bonds. The SMILES string of the molecule is CC(C)NC(=O)C1CCN(C(=O)Nc2cccs2)CC1. The van der Waals surface area contributed by atoms with E-state index >= 15 is 0 Å². The molecule has 1 aromatic rings. The number of rotatable bonds is 3. The van der Waals surface area contributed by atoms with Crippen LogP contribution < -0.4 is 10.6 Å². The molecule has 0 unspecified atom stereocenters. The van der Waals surface area contributed by atoms with E-state index in [9.17, 15) is 9.59 Å². The molecule has 110 valence electrons. The van der Waals surface area contributed by atoms with Crippen molar-refractivity contribution in [3.63, 3.8) is 0 Å². The fourth-order valence-electron chi connectivity index (χ4n) is 2.28. The summed E-state index contributed by atoms with van der Waals surface area (Å²) >= 11 is 1.50. The van der Waals surface area contributed by atoms with Crippen molar-refractivity contribution in [1.29, 1.82) is 0 Å². The van der Waals surface area contributed by atoms with Gasteiger partial charge in [-0.1, -0.05) is 0 Å². The minimum atomic E-state index is -0.0739. The van der Waals surface area contributed by atoms with Crippen LogP contribution in [0.15, 0.2) is 17.5 Å². The second kappa shape index (κ2) is 6.74. The Morgan fingerprint density at radius 3 is 2.60 bits per heavy atom. The molecule has 0 radical (unpaired) electrons. The number of anilines is 1. The highest BCUT2D eigenvalue weighted by Crippen LogP contribution is 2.20. The van der Waals surface area contributed by atoms with Crippen LogP contribution in [0.25, 0.3) is 0 Å². The van der Waals surface area contributed by atoms with Crippen molar-refractivity contribution in [2.24, 2.45) is 5.92 Å². The van der Waals surface area contributed by atoms with E-state index in [1.165, 1.54) is 11.3 Å². The number of thiophene rings is 1. The van der Waals surface area contributed by atoms with Gasteiger partial charge >= 0.3 is 6.03 Å². The molecule has 1 aliphatic heterocycles. The predicted octanol–water partition coefficient (Wildman–Crippen LogP) is 2.52. The molecule has 1 saturated heterocycles. The molecule has 2 rings (SSSR count). The molecule has 0 aromatic carbocycles. The Labute approximate surface area is 123 Å². The molecular weight excluding hydrogens is 274 g/mol. The highest BCUT2D eigenvalue weighted by atomic mass is 32.1. The highest BCUT2D eigenvalue weighted by molar-refractivity contribution is 7.14. The number of nitrogens with one attached hydrogen (secondary N) is 2. The number of nitrogens with zero attached hydrogens (tertiary/aromatic N) is 1. The smallest absolute Gasteiger partial charge is 0.322 e. The van der Waals surface area contributed by atoms with E-state index in [0.717, 1.165) is 17.8 Å². The van der Waals surface area contributed by atoms with Gasteiger partial charge in [-0.2, -0.15) is 0 Å². The van der Waals surface area contributed by atoms with Gasteiger partial charge in [-0.05, 0) is 44.2 Å². The number of urea groups is 1. The lowest BCUT2D eigenvalue weighted by atomic mass is 9.96. The van der Waals surface area contributed by atoms with Crippen molar-refractivity contribution in [3.05, 3.63) is 17.5 Å². The van der Waals surface area contributed by atoms with Crippen LogP contribution in [0, 0.1) is 5.92 Å². The molecule has 2 N–H and O–H groups in total. The Bertz CT molecular complexity index is 451. The molecule has 0 saturated carbocycles. The fraction of sp³-hybridized carbons (Fsp3) is 0.571. The van der Waals surface area contributed by atoms with Crippen molar-refractivity contribution >= 4 is 28.3 Å². The third-order valence-corrected chi connectivity index (χ3v) is 4.12. The van der Waals surface area contributed by atoms with Crippen LogP contribution in [0.5, 0.6) is 0 Å². The third kappa shape index (κ3) is 3.96. The Kier molecular flexibility index (Phi) is 5.00. The van der Waals surface area contributed by atoms with Gasteiger partial charge in [0.05, 0.1) is 5.00 Å². The molecule has 5 nitrogen and oxygen atoms in total. The van der Waals surface area contributed by atoms with Gasteiger partial charge in [0, 0.05) is 25.0 Å². The Hall–Kier alpha value is -1.56. The molecule has 2 heterocycles. The van der Waals surface area contributed by atoms with Crippen molar-refractivity contribution < 1.29 is 9.59 Å². The first-order valence-electron chi connectivity index (χ1n) is 6.96. The van der Waals surface area contributed by atoms with E-state index in [0.29, 0.717) is 13.1 Å². The van der Waals surface area contributed by atoms with Gasteiger partial charge in [0.25, 0.3) is 0 Å². The topological polar surface area (TPSA) is 61.4 Å². The van der Waals surface area contributed by atoms with Crippen LogP contribution in [0.3, 0.4) is 0 Å². The summed E-state index contributed by atoms with van der Waals surface area (Å²) in [5.41, 5.74) is 0. The van der Waals surface area contributed by atoms with Crippen LogP contribution in [0.4, 0.5) is 9.80 Å². The number of likely N-dealkylation sites (tertiary alicyclic amines) is 1. The maximum Gasteiger partial charge on any atom is 0.322 e. The van der Waals surface area contributed by atoms with Crippen molar-refractivity contribution in [1.82, 2.24) is 10.2 Å². The second-order valence-electron chi connectivity index (χ2n) is 5.33. The summed E-state index contributed by atoms with van der Waals surface area (Å²) in [4.78, 5) is 25.7. The van der Waals surface area contributed by atoms with E-state index in [1.807, 2.05) is 31.4 Å². The van der Waals surface area contributed by atoms with Gasteiger partial charge in [0.1, 0.15) is 0 Å². The van der Waals surface area contributed by atoms with Crippen LogP contribution >= 0.6 is 11.3 Å². The first kappa shape index (κ1) is 14.8. The van der Waals surface area contributed by atoms with Gasteiger partial charge in [-0.25, -0.2) is 4.79 Å². The summed E-state index contributed by atoms with van der Waals surface area (Å²) in [6, 6.07) is 3.88. The molecule has 6 heteroatoms. The van der Waals surface area contributed by atoms with Crippen LogP contribution in [0.1, 0.15) is 26.7 Å². The normalized spacial score (nSPS) is 16.2. The summed E-state index contributed by atoms with van der Waals surface area (Å²) in [6.45, 7) is 5.18. The first-order valence-corrected chi connectivity index (χ1v) is 7.84. The quantitative estimate of drug-likeness (QED) is 0.900. The van der Waals surface area contributed by atoms with E-state index in [-0.39, 0.29) is 23.9 Å². The summed E-state index contributed by atoms with van der Waals surface area (Å²) in [5.74, 6) is 0.140. The van der Waals surface area contributed by atoms with Crippen molar-refractivity contribution in [2.45, 2.75) is 32.7 Å². The zero-order valence-corrected chi connectivity index (χ0v) is 12.7. The van der Waals surface area contributed by atoms with E-state index in [4.69, 9.17) is 0 Å². The lowest BCUT2D eigenvalue weighted by molar-refractivity contribution is -0.126. The summed E-state index contributed by atoms with van der Waals surface area (Å²) in [7, 11) is 0. The minimum absolute atomic E-state index is 0.0307. The Balaban J connectivity index is 1.79. The van der Waals surface area contributed by atoms with E-state index < -0.39 is 0 Å². The molecule has 0 aliphatic carbocycles. The van der Waals surface area contributed by atoms with E-state index in [1.54, 1.807) is 4.90 Å². The average Bonchev–Trinajstić information content (AvgIpc) is 2.91. The number of piperidine rings is 1. The lowest BCUT2D eigenvalue weighted by Gasteiger charge is -2.31. The van der Waals surface area contributed by atoms with Gasteiger partial charge in [0.2, 0.25) is 5.91 Å². The monoisotopic (exact) mass is 295 g/mol. The number of hydrogen-bond acceptors (Lipinski definition) is 3. The van der Waals surface area contributed by atoms with E-state index in [2.05, 4.69) is 10.6 Å². The summed E-state index contributed by atoms with van der Waals surface area (Å²) < 4.78 is 0. The Morgan fingerprint density at radius 1 is 1.35 bits per heavy atom. The van der Waals surface area contributed by atoms with Gasteiger partial charge in [0.15, 0.2) is 0 Å². The minimum Gasteiger partial charge on any atom is -0.354 e. The molecule has 20 heavy (non-hydrogen) atoms. The molecule has 1 fully saturated rings. The second-order valence-corrected chi connectivity index (χ2v) is 6.28. The molecule has 1 aromatic heterocycles. The number of carbonyl (C=O) groups excluding carboxylic acids is 2. The molecule has 1 aliphatic rings. The lowest BCUT2D eigenvalue weighted by Crippen LogP contribution is -2.45. The number of hydrogen-bond donors (Lipinski definition) is 2. The van der Waals surface area contributed by atoms with Crippen molar-refractivity contribution in [2.75, 3.05) is 18.4 Å². The molecule has 0 spiro atoms. The van der Waals surface area contributed by atoms with Gasteiger partial charge in [-0.3, -0.25) is 10.1 Å². The van der Waals surface area contributed by atoms with Gasteiger partial charge in [-0.15, -0.1) is 11.3 Å². The summed E-state index contributed by atoms with van der Waals surface area (Å²) in [6.07, 6.45) is 1.47. The zero-order valence-electron chi connectivity index (χ0n) is 11.9. The maximum atomic E-state index is 12.0. The average molecular weight is 295 g/mol. The predicted molar refractivity (Wildman–Crippen MR) is 80.9 cm³/mol. The number of amides is 3. The molecular formula is C14H21N3O2S. The van der Waals surface area contributed by atoms with Crippen LogP contribution in [-0.2, 0) is 4.79 Å². The Morgan fingerprint density at radius 2 is 2.05 bits per heavy atom. The van der Waals surface area contributed by atoms with Gasteiger partial charge < -0.3 is 10.2 Å². The maximum absolute atomic E-state index is 12.0. The largest absolute Gasteiger partial charge is 0.354 e. The fourth-order valence-corrected chi connectivity index (χ4v) is 2.89. The zero-order chi connectivity index (χ0) is 14.5. The van der Waals surface area contributed by atoms with Crippen LogP contribution in [0.2, 0.25) is 0 Å². The number of carbonyl (C=O) groups is 2. The van der Waals surface area contributed by atoms with Crippen molar-refractivity contribution in [3.8, 4) is 0 Å². The standard InChI is InChI=1S/C14H21N3O2S/c1-10(2)15-13(18)11-5-7-17(8-6-11)14(19)16-12-4-3-9-20-12/h3-4,9-11H,5-8H2,1-2H3,(H,15,18)(H,16,19). The highest BCUT2D eigenvalue weighted by Gasteiger charge is 2.27.